The highest BCUT2D eigenvalue weighted by molar-refractivity contribution is 7.98. The first-order valence-corrected chi connectivity index (χ1v) is 6.50. The van der Waals surface area contributed by atoms with Crippen LogP contribution in [0.2, 0.25) is 0 Å². The molecule has 0 saturated carbocycles. The molecule has 1 aromatic carbocycles. The van der Waals surface area contributed by atoms with Crippen molar-refractivity contribution >= 4 is 23.6 Å². The van der Waals surface area contributed by atoms with Crippen LogP contribution in [0.15, 0.2) is 39.8 Å². The number of carbonyl (C=O) groups is 2. The van der Waals surface area contributed by atoms with Crippen molar-refractivity contribution in [3.8, 4) is 0 Å². The summed E-state index contributed by atoms with van der Waals surface area (Å²) in [6, 6.07) is 6.81. The van der Waals surface area contributed by atoms with Crippen molar-refractivity contribution in [2.45, 2.75) is 10.8 Å². The summed E-state index contributed by atoms with van der Waals surface area (Å²) in [5.41, 5.74) is 5.52. The molecule has 1 amide bonds. The van der Waals surface area contributed by atoms with Gasteiger partial charge in [-0.3, -0.25) is 4.79 Å². The summed E-state index contributed by atoms with van der Waals surface area (Å²) in [6.07, 6.45) is 0. The van der Waals surface area contributed by atoms with Crippen LogP contribution in [0.3, 0.4) is 0 Å². The van der Waals surface area contributed by atoms with Crippen molar-refractivity contribution in [1.82, 2.24) is 0 Å². The molecule has 0 spiro atoms. The van der Waals surface area contributed by atoms with Gasteiger partial charge in [-0.2, -0.15) is 0 Å². The summed E-state index contributed by atoms with van der Waals surface area (Å²) < 4.78 is 18.7. The molecule has 20 heavy (non-hydrogen) atoms. The molecule has 2 aromatic rings. The highest BCUT2D eigenvalue weighted by Crippen LogP contribution is 2.26. The van der Waals surface area contributed by atoms with Crippen LogP contribution in [0.4, 0.5) is 4.39 Å². The lowest BCUT2D eigenvalue weighted by Crippen LogP contribution is -2.11. The molecular formula is C13H10FNO4S. The summed E-state index contributed by atoms with van der Waals surface area (Å²) in [6.45, 7) is 0. The number of aromatic carboxylic acids is 1. The number of hydrogen-bond acceptors (Lipinski definition) is 4. The van der Waals surface area contributed by atoms with Crippen molar-refractivity contribution in [1.29, 1.82) is 0 Å². The Kier molecular flexibility index (Phi) is 4.09. The van der Waals surface area contributed by atoms with Crippen LogP contribution in [0.5, 0.6) is 0 Å². The molecule has 0 radical (unpaired) electrons. The first kappa shape index (κ1) is 14.1. The van der Waals surface area contributed by atoms with Crippen LogP contribution in [0, 0.1) is 5.82 Å². The van der Waals surface area contributed by atoms with E-state index in [1.54, 1.807) is 0 Å². The minimum atomic E-state index is -1.16. The Morgan fingerprint density at radius 1 is 1.30 bits per heavy atom. The number of hydrogen-bond donors (Lipinski definition) is 2. The van der Waals surface area contributed by atoms with Crippen molar-refractivity contribution < 1.29 is 23.5 Å². The van der Waals surface area contributed by atoms with E-state index in [1.807, 2.05) is 0 Å². The van der Waals surface area contributed by atoms with Crippen LogP contribution < -0.4 is 5.73 Å². The van der Waals surface area contributed by atoms with E-state index in [1.165, 1.54) is 24.3 Å². The Bertz CT molecular complexity index is 668. The lowest BCUT2D eigenvalue weighted by Gasteiger charge is -2.03. The maximum absolute atomic E-state index is 13.7. The van der Waals surface area contributed by atoms with Gasteiger partial charge in [0.1, 0.15) is 5.82 Å². The van der Waals surface area contributed by atoms with E-state index in [2.05, 4.69) is 0 Å². The van der Waals surface area contributed by atoms with Crippen molar-refractivity contribution in [2.24, 2.45) is 5.73 Å². The standard InChI is InChI=1S/C13H10FNO4S/c14-9-5-7(12(15)16)1-2-8(9)6-20-11-4-3-10(19-11)13(17)18/h1-5H,6H2,(H2,15,16)(H,17,18). The van der Waals surface area contributed by atoms with Gasteiger partial charge >= 0.3 is 5.97 Å². The molecule has 0 aliphatic carbocycles. The summed E-state index contributed by atoms with van der Waals surface area (Å²) >= 11 is 1.15. The molecule has 0 saturated heterocycles. The molecule has 104 valence electrons. The van der Waals surface area contributed by atoms with E-state index in [-0.39, 0.29) is 17.1 Å². The highest BCUT2D eigenvalue weighted by atomic mass is 32.2. The van der Waals surface area contributed by atoms with E-state index < -0.39 is 17.7 Å². The van der Waals surface area contributed by atoms with Gasteiger partial charge in [-0.15, -0.1) is 0 Å². The molecule has 0 unspecified atom stereocenters. The number of nitrogens with two attached hydrogens (primary N) is 1. The molecule has 0 aliphatic heterocycles. The molecule has 5 nitrogen and oxygen atoms in total. The summed E-state index contributed by atoms with van der Waals surface area (Å²) in [5.74, 6) is -2.32. The zero-order valence-electron chi connectivity index (χ0n) is 10.1. The molecular weight excluding hydrogens is 285 g/mol. The molecule has 2 rings (SSSR count). The monoisotopic (exact) mass is 295 g/mol. The van der Waals surface area contributed by atoms with E-state index in [4.69, 9.17) is 15.3 Å². The van der Waals surface area contributed by atoms with Crippen LogP contribution in [0.1, 0.15) is 26.5 Å². The molecule has 3 N–H and O–H groups in total. The fourth-order valence-electron chi connectivity index (χ4n) is 1.48. The lowest BCUT2D eigenvalue weighted by atomic mass is 10.1. The minimum Gasteiger partial charge on any atom is -0.475 e. The van der Waals surface area contributed by atoms with Crippen LogP contribution in [-0.2, 0) is 5.75 Å². The van der Waals surface area contributed by atoms with Gasteiger partial charge in [0.05, 0.1) is 0 Å². The molecule has 1 heterocycles. The summed E-state index contributed by atoms with van der Waals surface area (Å²) in [7, 11) is 0. The first-order valence-electron chi connectivity index (χ1n) is 5.51. The van der Waals surface area contributed by atoms with E-state index in [0.717, 1.165) is 17.8 Å². The fraction of sp³-hybridized carbons (Fsp3) is 0.0769. The molecule has 1 aromatic heterocycles. The zero-order chi connectivity index (χ0) is 14.7. The zero-order valence-corrected chi connectivity index (χ0v) is 10.9. The van der Waals surface area contributed by atoms with Crippen LogP contribution in [0.25, 0.3) is 0 Å². The topological polar surface area (TPSA) is 93.5 Å². The molecule has 0 fully saturated rings. The number of carboxylic acids is 1. The Labute approximate surface area is 117 Å². The fourth-order valence-corrected chi connectivity index (χ4v) is 2.32. The third kappa shape index (κ3) is 3.18. The van der Waals surface area contributed by atoms with Gasteiger partial charge in [0, 0.05) is 11.3 Å². The third-order valence-electron chi connectivity index (χ3n) is 2.50. The number of rotatable bonds is 5. The quantitative estimate of drug-likeness (QED) is 0.827. The number of furan rings is 1. The van der Waals surface area contributed by atoms with Gasteiger partial charge in [-0.1, -0.05) is 17.8 Å². The number of halogens is 1. The van der Waals surface area contributed by atoms with Crippen molar-refractivity contribution in [2.75, 3.05) is 0 Å². The van der Waals surface area contributed by atoms with E-state index >= 15 is 0 Å². The maximum Gasteiger partial charge on any atom is 0.371 e. The van der Waals surface area contributed by atoms with Gasteiger partial charge in [0.15, 0.2) is 5.09 Å². The second-order valence-corrected chi connectivity index (χ2v) is 4.86. The van der Waals surface area contributed by atoms with E-state index in [9.17, 15) is 14.0 Å². The highest BCUT2D eigenvalue weighted by Gasteiger charge is 2.11. The smallest absolute Gasteiger partial charge is 0.371 e. The van der Waals surface area contributed by atoms with E-state index in [0.29, 0.717) is 10.7 Å². The second kappa shape index (κ2) is 5.79. The first-order chi connectivity index (χ1) is 9.47. The predicted octanol–water partition coefficient (Wildman–Crippen LogP) is 2.51. The van der Waals surface area contributed by atoms with Crippen molar-refractivity contribution in [3.05, 3.63) is 53.0 Å². The Morgan fingerprint density at radius 3 is 2.60 bits per heavy atom. The predicted molar refractivity (Wildman–Crippen MR) is 70.1 cm³/mol. The SMILES string of the molecule is NC(=O)c1ccc(CSc2ccc(C(=O)O)o2)c(F)c1. The van der Waals surface area contributed by atoms with Crippen LogP contribution >= 0.6 is 11.8 Å². The van der Waals surface area contributed by atoms with Gasteiger partial charge in [0.2, 0.25) is 11.7 Å². The van der Waals surface area contributed by atoms with Gasteiger partial charge in [0.25, 0.3) is 0 Å². The van der Waals surface area contributed by atoms with Crippen molar-refractivity contribution in [3.63, 3.8) is 0 Å². The van der Waals surface area contributed by atoms with Crippen LogP contribution in [-0.4, -0.2) is 17.0 Å². The third-order valence-corrected chi connectivity index (χ3v) is 3.46. The largest absolute Gasteiger partial charge is 0.475 e. The Balaban J connectivity index is 2.06. The Morgan fingerprint density at radius 2 is 2.05 bits per heavy atom. The molecule has 0 bridgehead atoms. The average Bonchev–Trinajstić information content (AvgIpc) is 2.86. The second-order valence-electron chi connectivity index (χ2n) is 3.88. The van der Waals surface area contributed by atoms with Gasteiger partial charge < -0.3 is 15.3 Å². The molecule has 7 heteroatoms. The maximum atomic E-state index is 13.7. The summed E-state index contributed by atoms with van der Waals surface area (Å²) in [5, 5.41) is 9.08. The summed E-state index contributed by atoms with van der Waals surface area (Å²) in [4.78, 5) is 21.5. The number of benzene rings is 1. The molecule has 0 atom stereocenters. The number of amides is 1. The van der Waals surface area contributed by atoms with Gasteiger partial charge in [-0.25, -0.2) is 9.18 Å². The Hall–Kier alpha value is -2.28. The number of thioether (sulfide) groups is 1. The lowest BCUT2D eigenvalue weighted by molar-refractivity contribution is 0.0656. The normalized spacial score (nSPS) is 10.4. The number of carbonyl (C=O) groups excluding carboxylic acids is 1. The van der Waals surface area contributed by atoms with Gasteiger partial charge in [-0.05, 0) is 29.8 Å². The molecule has 0 aliphatic rings. The number of primary amides is 1. The minimum absolute atomic E-state index is 0.0995. The number of carboxylic acid groups (broad SMARTS) is 1. The average molecular weight is 295 g/mol.